The summed E-state index contributed by atoms with van der Waals surface area (Å²) in [4.78, 5) is 28.2. The van der Waals surface area contributed by atoms with Crippen LogP contribution in [0.1, 0.15) is 50.0 Å². The molecule has 1 saturated carbocycles. The van der Waals surface area contributed by atoms with Gasteiger partial charge in [-0.05, 0) is 30.9 Å². The number of hydrogen-bond donors (Lipinski definition) is 1. The molecular weight excluding hydrogens is 342 g/mol. The average molecular weight is 371 g/mol. The van der Waals surface area contributed by atoms with Gasteiger partial charge in [0.1, 0.15) is 11.4 Å². The summed E-state index contributed by atoms with van der Waals surface area (Å²) in [7, 11) is 3.57. The number of ether oxygens (including phenoxy) is 1. The summed E-state index contributed by atoms with van der Waals surface area (Å²) in [5.41, 5.74) is 0.864. The Morgan fingerprint density at radius 2 is 1.93 bits per heavy atom. The van der Waals surface area contributed by atoms with Gasteiger partial charge in [-0.25, -0.2) is 4.79 Å². The van der Waals surface area contributed by atoms with Crippen LogP contribution in [0.4, 0.5) is 4.79 Å². The molecule has 0 unspecified atom stereocenters. The number of nitrogens with one attached hydrogen (secondary N) is 1. The molecule has 1 saturated heterocycles. The Bertz CT molecular complexity index is 721. The van der Waals surface area contributed by atoms with Crippen molar-refractivity contribution < 1.29 is 14.3 Å². The van der Waals surface area contributed by atoms with Crippen molar-refractivity contribution in [1.29, 1.82) is 0 Å². The Morgan fingerprint density at radius 1 is 1.22 bits per heavy atom. The molecule has 1 N–H and O–H groups in total. The third-order valence-electron chi connectivity index (χ3n) is 6.01. The maximum absolute atomic E-state index is 12.4. The molecule has 27 heavy (non-hydrogen) atoms. The number of amides is 3. The lowest BCUT2D eigenvalue weighted by molar-refractivity contribution is -0.122. The Labute approximate surface area is 160 Å². The van der Waals surface area contributed by atoms with Gasteiger partial charge in [0.25, 0.3) is 0 Å². The molecule has 2 fully saturated rings. The van der Waals surface area contributed by atoms with Crippen LogP contribution in [0.5, 0.6) is 5.75 Å². The van der Waals surface area contributed by atoms with Gasteiger partial charge in [0.15, 0.2) is 0 Å². The lowest BCUT2D eigenvalue weighted by atomic mass is 9.76. The molecule has 2 aliphatic heterocycles. The first-order valence-corrected chi connectivity index (χ1v) is 9.99. The van der Waals surface area contributed by atoms with Crippen LogP contribution >= 0.6 is 0 Å². The van der Waals surface area contributed by atoms with Gasteiger partial charge in [0.2, 0.25) is 5.91 Å². The maximum atomic E-state index is 12.4. The molecule has 3 aliphatic rings. The van der Waals surface area contributed by atoms with Gasteiger partial charge in [-0.3, -0.25) is 4.79 Å². The molecule has 0 bridgehead atoms. The van der Waals surface area contributed by atoms with Crippen molar-refractivity contribution in [1.82, 2.24) is 15.1 Å². The van der Waals surface area contributed by atoms with Crippen LogP contribution in [-0.4, -0.2) is 60.6 Å². The van der Waals surface area contributed by atoms with Crippen molar-refractivity contribution in [2.45, 2.75) is 56.1 Å². The smallest absolute Gasteiger partial charge is 0.319 e. The van der Waals surface area contributed by atoms with Crippen molar-refractivity contribution in [3.8, 4) is 5.75 Å². The number of piperidine rings is 1. The predicted octanol–water partition coefficient (Wildman–Crippen LogP) is 2.74. The van der Waals surface area contributed by atoms with Gasteiger partial charge in [-0.15, -0.1) is 0 Å². The van der Waals surface area contributed by atoms with E-state index >= 15 is 0 Å². The number of hydrogen-bond acceptors (Lipinski definition) is 3. The molecule has 2 heterocycles. The van der Waals surface area contributed by atoms with Crippen LogP contribution in [0.15, 0.2) is 24.3 Å². The van der Waals surface area contributed by atoms with Crippen molar-refractivity contribution in [3.05, 3.63) is 29.8 Å². The number of benzene rings is 1. The lowest BCUT2D eigenvalue weighted by Crippen LogP contribution is -2.53. The fraction of sp³-hybridized carbons (Fsp3) is 0.619. The summed E-state index contributed by atoms with van der Waals surface area (Å²) in [5, 5.41) is 3.12. The van der Waals surface area contributed by atoms with Crippen LogP contribution in [0.2, 0.25) is 0 Å². The maximum Gasteiger partial charge on any atom is 0.319 e. The van der Waals surface area contributed by atoms with Crippen molar-refractivity contribution in [3.63, 3.8) is 0 Å². The number of carbonyl (C=O) groups is 2. The van der Waals surface area contributed by atoms with E-state index in [0.717, 1.165) is 43.4 Å². The normalized spacial score (nSPS) is 23.3. The summed E-state index contributed by atoms with van der Waals surface area (Å²) in [6, 6.07) is 8.55. The van der Waals surface area contributed by atoms with Crippen LogP contribution < -0.4 is 10.1 Å². The van der Waals surface area contributed by atoms with Crippen molar-refractivity contribution >= 4 is 11.9 Å². The summed E-state index contributed by atoms with van der Waals surface area (Å²) in [6.45, 7) is 1.39. The molecule has 1 atom stereocenters. The molecule has 0 radical (unpaired) electrons. The third-order valence-corrected chi connectivity index (χ3v) is 6.01. The quantitative estimate of drug-likeness (QED) is 0.889. The molecule has 1 aromatic rings. The van der Waals surface area contributed by atoms with Gasteiger partial charge in [-0.2, -0.15) is 0 Å². The largest absolute Gasteiger partial charge is 0.487 e. The van der Waals surface area contributed by atoms with Crippen LogP contribution in [0.3, 0.4) is 0 Å². The zero-order chi connectivity index (χ0) is 19.0. The second kappa shape index (κ2) is 7.06. The monoisotopic (exact) mass is 371 g/mol. The molecule has 0 aromatic heterocycles. The second-order valence-corrected chi connectivity index (χ2v) is 8.43. The molecule has 1 aliphatic carbocycles. The SMILES string of the molecule is CN(C)C(=O)N1CCC2(CC1)C[C@@H](CC(=O)NC1CC1)c1ccccc1O2. The zero-order valence-corrected chi connectivity index (χ0v) is 16.2. The zero-order valence-electron chi connectivity index (χ0n) is 16.2. The summed E-state index contributed by atoms with van der Waals surface area (Å²) < 4.78 is 6.47. The minimum absolute atomic E-state index is 0.0569. The van der Waals surface area contributed by atoms with E-state index in [-0.39, 0.29) is 23.5 Å². The summed E-state index contributed by atoms with van der Waals surface area (Å²) in [6.07, 6.45) is 5.18. The van der Waals surface area contributed by atoms with Crippen LogP contribution in [0, 0.1) is 0 Å². The van der Waals surface area contributed by atoms with Crippen LogP contribution in [-0.2, 0) is 4.79 Å². The first kappa shape index (κ1) is 18.1. The number of carbonyl (C=O) groups excluding carboxylic acids is 2. The average Bonchev–Trinajstić information content (AvgIpc) is 3.45. The van der Waals surface area contributed by atoms with E-state index in [1.165, 1.54) is 0 Å². The fourth-order valence-electron chi connectivity index (χ4n) is 4.36. The van der Waals surface area contributed by atoms with Gasteiger partial charge < -0.3 is 19.9 Å². The highest BCUT2D eigenvalue weighted by atomic mass is 16.5. The minimum Gasteiger partial charge on any atom is -0.487 e. The lowest BCUT2D eigenvalue weighted by Gasteiger charge is -2.47. The van der Waals surface area contributed by atoms with E-state index in [4.69, 9.17) is 4.74 Å². The topological polar surface area (TPSA) is 61.9 Å². The minimum atomic E-state index is -0.276. The standard InChI is InChI=1S/C21H29N3O3/c1-23(2)20(26)24-11-9-21(10-12-24)14-15(13-19(25)22-16-7-8-16)17-5-3-4-6-18(17)27-21/h3-6,15-16H,7-14H2,1-2H3,(H,22,25)/t15-/m1/s1. The molecule has 1 spiro atoms. The molecule has 1 aromatic carbocycles. The number of urea groups is 1. The molecule has 146 valence electrons. The molecule has 3 amide bonds. The van der Waals surface area contributed by atoms with Gasteiger partial charge in [0, 0.05) is 58.4 Å². The Morgan fingerprint density at radius 3 is 2.59 bits per heavy atom. The van der Waals surface area contributed by atoms with Gasteiger partial charge in [0.05, 0.1) is 0 Å². The van der Waals surface area contributed by atoms with Crippen LogP contribution in [0.25, 0.3) is 0 Å². The Kier molecular flexibility index (Phi) is 4.74. The molecule has 6 heteroatoms. The summed E-state index contributed by atoms with van der Waals surface area (Å²) in [5.74, 6) is 1.22. The number of fused-ring (bicyclic) bond motifs is 1. The van der Waals surface area contributed by atoms with Gasteiger partial charge >= 0.3 is 6.03 Å². The fourth-order valence-corrected chi connectivity index (χ4v) is 4.36. The highest BCUT2D eigenvalue weighted by Crippen LogP contribution is 2.46. The highest BCUT2D eigenvalue weighted by molar-refractivity contribution is 5.78. The molecule has 4 rings (SSSR count). The van der Waals surface area contributed by atoms with E-state index in [9.17, 15) is 9.59 Å². The first-order chi connectivity index (χ1) is 13.0. The second-order valence-electron chi connectivity index (χ2n) is 8.43. The first-order valence-electron chi connectivity index (χ1n) is 9.99. The summed E-state index contributed by atoms with van der Waals surface area (Å²) >= 11 is 0. The van der Waals surface area contributed by atoms with Crippen molar-refractivity contribution in [2.75, 3.05) is 27.2 Å². The predicted molar refractivity (Wildman–Crippen MR) is 103 cm³/mol. The number of nitrogens with zero attached hydrogens (tertiary/aromatic N) is 2. The van der Waals surface area contributed by atoms with Gasteiger partial charge in [-0.1, -0.05) is 18.2 Å². The third kappa shape index (κ3) is 3.89. The van der Waals surface area contributed by atoms with E-state index in [0.29, 0.717) is 25.6 Å². The molecule has 6 nitrogen and oxygen atoms in total. The number of rotatable bonds is 3. The Hall–Kier alpha value is -2.24. The number of likely N-dealkylation sites (tertiary alicyclic amines) is 1. The van der Waals surface area contributed by atoms with E-state index < -0.39 is 0 Å². The molecular formula is C21H29N3O3. The number of para-hydroxylation sites is 1. The Balaban J connectivity index is 1.48. The van der Waals surface area contributed by atoms with E-state index in [1.54, 1.807) is 19.0 Å². The van der Waals surface area contributed by atoms with E-state index in [1.807, 2.05) is 23.1 Å². The highest BCUT2D eigenvalue weighted by Gasteiger charge is 2.44. The van der Waals surface area contributed by atoms with Crippen molar-refractivity contribution in [2.24, 2.45) is 0 Å². The van der Waals surface area contributed by atoms with E-state index in [2.05, 4.69) is 11.4 Å².